The van der Waals surface area contributed by atoms with Crippen molar-refractivity contribution in [3.63, 3.8) is 0 Å². The quantitative estimate of drug-likeness (QED) is 0.867. The van der Waals surface area contributed by atoms with Gasteiger partial charge in [0.15, 0.2) is 0 Å². The number of rotatable bonds is 1. The van der Waals surface area contributed by atoms with Gasteiger partial charge in [-0.2, -0.15) is 0 Å². The van der Waals surface area contributed by atoms with Crippen molar-refractivity contribution in [1.82, 2.24) is 4.98 Å². The van der Waals surface area contributed by atoms with Crippen molar-refractivity contribution in [2.45, 2.75) is 19.3 Å². The summed E-state index contributed by atoms with van der Waals surface area (Å²) in [6.45, 7) is 0.990. The molecule has 0 atom stereocenters. The molecule has 0 spiro atoms. The standard InChI is InChI=1S/C15H16BrN3/c16-12-9-18-10-13(17)15(12)19-8-4-3-6-11-5-1-2-7-14(11)19/h1-2,5,7,9-10H,3-4,6,8,17H2. The Morgan fingerprint density at radius 2 is 2.00 bits per heavy atom. The van der Waals surface area contributed by atoms with Crippen LogP contribution in [0.4, 0.5) is 17.1 Å². The third kappa shape index (κ3) is 2.32. The molecule has 1 aliphatic rings. The molecule has 0 fully saturated rings. The Morgan fingerprint density at radius 3 is 2.84 bits per heavy atom. The number of benzene rings is 1. The number of nitrogens with zero attached hydrogens (tertiary/aromatic N) is 2. The van der Waals surface area contributed by atoms with Gasteiger partial charge in [0.25, 0.3) is 0 Å². The monoisotopic (exact) mass is 317 g/mol. The van der Waals surface area contributed by atoms with Gasteiger partial charge in [-0.15, -0.1) is 0 Å². The first-order valence-electron chi connectivity index (χ1n) is 6.52. The molecule has 1 aromatic carbocycles. The van der Waals surface area contributed by atoms with E-state index in [4.69, 9.17) is 5.73 Å². The summed E-state index contributed by atoms with van der Waals surface area (Å²) in [5, 5.41) is 0. The average Bonchev–Trinajstić information content (AvgIpc) is 2.62. The Morgan fingerprint density at radius 1 is 1.16 bits per heavy atom. The molecule has 1 aliphatic heterocycles. The van der Waals surface area contributed by atoms with Crippen molar-refractivity contribution in [2.75, 3.05) is 17.2 Å². The molecular weight excluding hydrogens is 302 g/mol. The van der Waals surface area contributed by atoms with Crippen molar-refractivity contribution < 1.29 is 0 Å². The number of hydrogen-bond acceptors (Lipinski definition) is 3. The summed E-state index contributed by atoms with van der Waals surface area (Å²) in [6, 6.07) is 8.57. The Kier molecular flexibility index (Phi) is 3.42. The van der Waals surface area contributed by atoms with E-state index in [0.717, 1.165) is 23.1 Å². The van der Waals surface area contributed by atoms with Crippen LogP contribution >= 0.6 is 15.9 Å². The van der Waals surface area contributed by atoms with E-state index >= 15 is 0 Å². The molecule has 3 rings (SSSR count). The van der Waals surface area contributed by atoms with Crippen molar-refractivity contribution >= 4 is 33.0 Å². The van der Waals surface area contributed by atoms with Crippen LogP contribution in [-0.2, 0) is 6.42 Å². The molecule has 0 unspecified atom stereocenters. The van der Waals surface area contributed by atoms with Gasteiger partial charge in [-0.3, -0.25) is 4.98 Å². The van der Waals surface area contributed by atoms with Gasteiger partial charge in [0, 0.05) is 18.4 Å². The van der Waals surface area contributed by atoms with E-state index in [1.807, 2.05) is 0 Å². The number of nitrogens with two attached hydrogens (primary N) is 1. The van der Waals surface area contributed by atoms with Gasteiger partial charge in [-0.05, 0) is 46.8 Å². The lowest BCUT2D eigenvalue weighted by Gasteiger charge is -2.27. The second-order valence-electron chi connectivity index (χ2n) is 4.80. The molecule has 2 N–H and O–H groups in total. The van der Waals surface area contributed by atoms with Crippen LogP contribution in [0.2, 0.25) is 0 Å². The van der Waals surface area contributed by atoms with Crippen LogP contribution in [0.3, 0.4) is 0 Å². The van der Waals surface area contributed by atoms with Crippen LogP contribution in [0.25, 0.3) is 0 Å². The van der Waals surface area contributed by atoms with E-state index in [1.54, 1.807) is 12.4 Å². The first-order valence-corrected chi connectivity index (χ1v) is 7.31. The van der Waals surface area contributed by atoms with Crippen LogP contribution in [0, 0.1) is 0 Å². The van der Waals surface area contributed by atoms with Crippen molar-refractivity contribution in [3.05, 3.63) is 46.7 Å². The van der Waals surface area contributed by atoms with Crippen molar-refractivity contribution in [1.29, 1.82) is 0 Å². The summed E-state index contributed by atoms with van der Waals surface area (Å²) >= 11 is 3.58. The molecule has 19 heavy (non-hydrogen) atoms. The molecule has 4 heteroatoms. The minimum atomic E-state index is 0.714. The number of anilines is 3. The maximum absolute atomic E-state index is 6.13. The summed E-state index contributed by atoms with van der Waals surface area (Å²) in [5.41, 5.74) is 10.5. The maximum Gasteiger partial charge on any atom is 0.0820 e. The lowest BCUT2D eigenvalue weighted by Crippen LogP contribution is -2.19. The summed E-state index contributed by atoms with van der Waals surface area (Å²) < 4.78 is 0.948. The Balaban J connectivity index is 2.15. The number of pyridine rings is 1. The van der Waals surface area contributed by atoms with E-state index in [9.17, 15) is 0 Å². The highest BCUT2D eigenvalue weighted by Crippen LogP contribution is 2.39. The maximum atomic E-state index is 6.13. The number of halogens is 1. The van der Waals surface area contributed by atoms with Crippen LogP contribution in [0.1, 0.15) is 18.4 Å². The number of para-hydroxylation sites is 1. The van der Waals surface area contributed by atoms with Gasteiger partial charge >= 0.3 is 0 Å². The van der Waals surface area contributed by atoms with E-state index in [1.165, 1.54) is 24.1 Å². The SMILES string of the molecule is Nc1cncc(Br)c1N1CCCCc2ccccc21. The third-order valence-electron chi connectivity index (χ3n) is 3.53. The largest absolute Gasteiger partial charge is 0.396 e. The molecule has 0 saturated heterocycles. The van der Waals surface area contributed by atoms with Crippen LogP contribution in [-0.4, -0.2) is 11.5 Å². The lowest BCUT2D eigenvalue weighted by atomic mass is 10.1. The minimum absolute atomic E-state index is 0.714. The van der Waals surface area contributed by atoms with Gasteiger partial charge in [-0.1, -0.05) is 18.2 Å². The normalized spacial score (nSPS) is 14.9. The highest BCUT2D eigenvalue weighted by atomic mass is 79.9. The molecular formula is C15H16BrN3. The molecule has 2 heterocycles. The fourth-order valence-corrected chi connectivity index (χ4v) is 3.21. The van der Waals surface area contributed by atoms with Gasteiger partial charge in [0.1, 0.15) is 0 Å². The molecule has 1 aromatic heterocycles. The predicted octanol–water partition coefficient (Wildman–Crippen LogP) is 3.90. The molecule has 0 amide bonds. The Bertz CT molecular complexity index is 577. The van der Waals surface area contributed by atoms with Gasteiger partial charge in [-0.25, -0.2) is 0 Å². The minimum Gasteiger partial charge on any atom is -0.396 e. The van der Waals surface area contributed by atoms with E-state index in [0.29, 0.717) is 5.69 Å². The predicted molar refractivity (Wildman–Crippen MR) is 82.7 cm³/mol. The number of nitrogen functional groups attached to an aromatic ring is 1. The van der Waals surface area contributed by atoms with E-state index in [-0.39, 0.29) is 0 Å². The average molecular weight is 318 g/mol. The van der Waals surface area contributed by atoms with Gasteiger partial charge in [0.2, 0.25) is 0 Å². The topological polar surface area (TPSA) is 42.1 Å². The highest BCUT2D eigenvalue weighted by Gasteiger charge is 2.20. The molecule has 0 bridgehead atoms. The second kappa shape index (κ2) is 5.21. The zero-order valence-corrected chi connectivity index (χ0v) is 12.2. The van der Waals surface area contributed by atoms with Crippen LogP contribution in [0.5, 0.6) is 0 Å². The lowest BCUT2D eigenvalue weighted by molar-refractivity contribution is 0.761. The fourth-order valence-electron chi connectivity index (χ4n) is 2.65. The number of aromatic nitrogens is 1. The van der Waals surface area contributed by atoms with E-state index in [2.05, 4.69) is 50.1 Å². The Labute approximate surface area is 121 Å². The molecule has 0 aliphatic carbocycles. The zero-order chi connectivity index (χ0) is 13.2. The third-order valence-corrected chi connectivity index (χ3v) is 4.11. The number of fused-ring (bicyclic) bond motifs is 1. The summed E-state index contributed by atoms with van der Waals surface area (Å²) in [7, 11) is 0. The van der Waals surface area contributed by atoms with Gasteiger partial charge < -0.3 is 10.6 Å². The second-order valence-corrected chi connectivity index (χ2v) is 5.65. The number of aryl methyl sites for hydroxylation is 1. The van der Waals surface area contributed by atoms with Crippen molar-refractivity contribution in [3.8, 4) is 0 Å². The molecule has 2 aromatic rings. The van der Waals surface area contributed by atoms with Crippen LogP contribution in [0.15, 0.2) is 41.1 Å². The molecule has 0 radical (unpaired) electrons. The summed E-state index contributed by atoms with van der Waals surface area (Å²) in [5.74, 6) is 0. The molecule has 98 valence electrons. The first-order chi connectivity index (χ1) is 9.27. The van der Waals surface area contributed by atoms with Crippen molar-refractivity contribution in [2.24, 2.45) is 0 Å². The number of hydrogen-bond donors (Lipinski definition) is 1. The molecule has 3 nitrogen and oxygen atoms in total. The summed E-state index contributed by atoms with van der Waals surface area (Å²) in [4.78, 5) is 6.43. The first kappa shape index (κ1) is 12.5. The zero-order valence-electron chi connectivity index (χ0n) is 10.6. The van der Waals surface area contributed by atoms with Gasteiger partial charge in [0.05, 0.1) is 22.0 Å². The van der Waals surface area contributed by atoms with E-state index < -0.39 is 0 Å². The smallest absolute Gasteiger partial charge is 0.0820 e. The Hall–Kier alpha value is -1.55. The fraction of sp³-hybridized carbons (Fsp3) is 0.267. The highest BCUT2D eigenvalue weighted by molar-refractivity contribution is 9.10. The van der Waals surface area contributed by atoms with Crippen LogP contribution < -0.4 is 10.6 Å². The summed E-state index contributed by atoms with van der Waals surface area (Å²) in [6.07, 6.45) is 7.04. The molecule has 0 saturated carbocycles.